The Morgan fingerprint density at radius 3 is 2.38 bits per heavy atom. The molecule has 0 fully saturated rings. The van der Waals surface area contributed by atoms with Crippen LogP contribution in [0.1, 0.15) is 27.2 Å². The van der Waals surface area contributed by atoms with Crippen LogP contribution in [0.3, 0.4) is 0 Å². The molecule has 0 saturated carbocycles. The van der Waals surface area contributed by atoms with Crippen LogP contribution in [0.5, 0.6) is 11.5 Å². The summed E-state index contributed by atoms with van der Waals surface area (Å²) in [6.07, 6.45) is 0. The predicted octanol–water partition coefficient (Wildman–Crippen LogP) is 5.70. The molecule has 1 amide bonds. The monoisotopic (exact) mass is 366 g/mol. The Hall–Kier alpha value is -2.85. The van der Waals surface area contributed by atoms with E-state index in [1.807, 2.05) is 51.1 Å². The minimum Gasteiger partial charge on any atom is -0.457 e. The molecule has 0 bridgehead atoms. The average molecular weight is 367 g/mol. The third-order valence-corrected chi connectivity index (χ3v) is 4.14. The van der Waals surface area contributed by atoms with Crippen molar-refractivity contribution in [1.29, 1.82) is 0 Å². The second-order valence-electron chi connectivity index (χ2n) is 6.14. The molecule has 2 aromatic carbocycles. The summed E-state index contributed by atoms with van der Waals surface area (Å²) >= 11 is 6.13. The van der Waals surface area contributed by atoms with Gasteiger partial charge in [0.2, 0.25) is 0 Å². The van der Waals surface area contributed by atoms with E-state index in [2.05, 4.69) is 10.3 Å². The molecule has 5 heteroatoms. The lowest BCUT2D eigenvalue weighted by Crippen LogP contribution is -2.15. The summed E-state index contributed by atoms with van der Waals surface area (Å²) in [5.74, 6) is 1.18. The first-order chi connectivity index (χ1) is 12.4. The number of pyridine rings is 1. The fourth-order valence-corrected chi connectivity index (χ4v) is 3.05. The Morgan fingerprint density at radius 2 is 1.73 bits per heavy atom. The van der Waals surface area contributed by atoms with Gasteiger partial charge in [-0.15, -0.1) is 0 Å². The number of hydrogen-bond donors (Lipinski definition) is 1. The van der Waals surface area contributed by atoms with Gasteiger partial charge in [0, 0.05) is 11.4 Å². The lowest BCUT2D eigenvalue weighted by molar-refractivity contribution is 0.102. The topological polar surface area (TPSA) is 51.2 Å². The smallest absolute Gasteiger partial charge is 0.259 e. The second-order valence-corrected chi connectivity index (χ2v) is 6.50. The molecule has 0 spiro atoms. The number of nitrogens with one attached hydrogen (secondary N) is 1. The number of halogens is 1. The van der Waals surface area contributed by atoms with E-state index < -0.39 is 0 Å². The second kappa shape index (κ2) is 7.58. The molecule has 0 unspecified atom stereocenters. The first-order valence-corrected chi connectivity index (χ1v) is 8.60. The summed E-state index contributed by atoms with van der Waals surface area (Å²) in [6, 6.07) is 16.8. The molecule has 0 radical (unpaired) electrons. The molecule has 0 aliphatic rings. The van der Waals surface area contributed by atoms with E-state index >= 15 is 0 Å². The number of amides is 1. The van der Waals surface area contributed by atoms with E-state index in [1.165, 1.54) is 0 Å². The highest BCUT2D eigenvalue weighted by Crippen LogP contribution is 2.25. The Bertz CT molecular complexity index is 929. The van der Waals surface area contributed by atoms with E-state index in [0.717, 1.165) is 22.6 Å². The van der Waals surface area contributed by atoms with Crippen molar-refractivity contribution < 1.29 is 9.53 Å². The molecule has 3 rings (SSSR count). The van der Waals surface area contributed by atoms with E-state index in [9.17, 15) is 4.79 Å². The molecule has 0 saturated heterocycles. The fraction of sp³-hybridized carbons (Fsp3) is 0.143. The van der Waals surface area contributed by atoms with Crippen molar-refractivity contribution in [1.82, 2.24) is 4.98 Å². The molecule has 1 aromatic heterocycles. The van der Waals surface area contributed by atoms with Gasteiger partial charge in [0.05, 0.1) is 5.56 Å². The third kappa shape index (κ3) is 4.21. The minimum absolute atomic E-state index is 0.208. The van der Waals surface area contributed by atoms with Crippen molar-refractivity contribution in [2.75, 3.05) is 5.32 Å². The number of hydrogen-bond acceptors (Lipinski definition) is 3. The number of carbonyl (C=O) groups is 1. The van der Waals surface area contributed by atoms with Crippen molar-refractivity contribution in [3.63, 3.8) is 0 Å². The standard InChI is InChI=1S/C21H19ClN2O2/c1-13-5-4-6-18(11-13)26-17-9-7-16(8-10-17)24-21(25)19-14(2)12-15(3)23-20(19)22/h4-12H,1-3H3,(H,24,25). The highest BCUT2D eigenvalue weighted by atomic mass is 35.5. The number of carbonyl (C=O) groups excluding carboxylic acids is 1. The normalized spacial score (nSPS) is 10.5. The van der Waals surface area contributed by atoms with Crippen LogP contribution < -0.4 is 10.1 Å². The number of benzene rings is 2. The van der Waals surface area contributed by atoms with Crippen molar-refractivity contribution in [3.05, 3.63) is 82.1 Å². The van der Waals surface area contributed by atoms with Gasteiger partial charge >= 0.3 is 0 Å². The molecular formula is C21H19ClN2O2. The van der Waals surface area contributed by atoms with Crippen LogP contribution >= 0.6 is 11.6 Å². The molecular weight excluding hydrogens is 348 g/mol. The summed E-state index contributed by atoms with van der Waals surface area (Å²) in [4.78, 5) is 16.7. The number of ether oxygens (including phenoxy) is 1. The molecule has 132 valence electrons. The number of nitrogens with zero attached hydrogens (tertiary/aromatic N) is 1. The lowest BCUT2D eigenvalue weighted by Gasteiger charge is -2.11. The molecule has 4 nitrogen and oxygen atoms in total. The van der Waals surface area contributed by atoms with Crippen molar-refractivity contribution >= 4 is 23.2 Å². The van der Waals surface area contributed by atoms with Gasteiger partial charge in [-0.1, -0.05) is 23.7 Å². The van der Waals surface area contributed by atoms with Gasteiger partial charge in [-0.05, 0) is 74.4 Å². The summed E-state index contributed by atoms with van der Waals surface area (Å²) in [7, 11) is 0. The lowest BCUT2D eigenvalue weighted by atomic mass is 10.1. The average Bonchev–Trinajstić information content (AvgIpc) is 2.56. The number of anilines is 1. The molecule has 26 heavy (non-hydrogen) atoms. The fourth-order valence-electron chi connectivity index (χ4n) is 2.68. The summed E-state index contributed by atoms with van der Waals surface area (Å²) in [5.41, 5.74) is 3.74. The Labute approximate surface area is 157 Å². The van der Waals surface area contributed by atoms with Gasteiger partial charge in [-0.25, -0.2) is 4.98 Å². The van der Waals surface area contributed by atoms with E-state index in [1.54, 1.807) is 24.3 Å². The maximum atomic E-state index is 12.5. The van der Waals surface area contributed by atoms with Gasteiger partial charge in [0.15, 0.2) is 0 Å². The summed E-state index contributed by atoms with van der Waals surface area (Å²) < 4.78 is 5.81. The first kappa shape index (κ1) is 18.0. The largest absolute Gasteiger partial charge is 0.457 e. The summed E-state index contributed by atoms with van der Waals surface area (Å²) in [5, 5.41) is 3.05. The zero-order valence-electron chi connectivity index (χ0n) is 14.8. The van der Waals surface area contributed by atoms with Crippen LogP contribution in [0.4, 0.5) is 5.69 Å². The Balaban J connectivity index is 1.72. The van der Waals surface area contributed by atoms with Gasteiger partial charge in [0.1, 0.15) is 16.7 Å². The zero-order chi connectivity index (χ0) is 18.7. The third-order valence-electron chi connectivity index (χ3n) is 3.87. The number of rotatable bonds is 4. The Kier molecular flexibility index (Phi) is 5.24. The highest BCUT2D eigenvalue weighted by Gasteiger charge is 2.15. The number of aryl methyl sites for hydroxylation is 3. The van der Waals surface area contributed by atoms with Crippen LogP contribution in [0.2, 0.25) is 5.15 Å². The van der Waals surface area contributed by atoms with Gasteiger partial charge in [-0.3, -0.25) is 4.79 Å². The Morgan fingerprint density at radius 1 is 1.00 bits per heavy atom. The maximum absolute atomic E-state index is 12.5. The van der Waals surface area contributed by atoms with Crippen LogP contribution in [-0.4, -0.2) is 10.9 Å². The van der Waals surface area contributed by atoms with Crippen molar-refractivity contribution in [2.24, 2.45) is 0 Å². The minimum atomic E-state index is -0.285. The summed E-state index contributed by atoms with van der Waals surface area (Å²) in [6.45, 7) is 5.69. The molecule has 1 N–H and O–H groups in total. The highest BCUT2D eigenvalue weighted by molar-refractivity contribution is 6.33. The van der Waals surface area contributed by atoms with Gasteiger partial charge in [-0.2, -0.15) is 0 Å². The zero-order valence-corrected chi connectivity index (χ0v) is 15.6. The SMILES string of the molecule is Cc1cccc(Oc2ccc(NC(=O)c3c(C)cc(C)nc3Cl)cc2)c1. The molecule has 3 aromatic rings. The van der Waals surface area contributed by atoms with Crippen LogP contribution in [0, 0.1) is 20.8 Å². The quantitative estimate of drug-likeness (QED) is 0.602. The van der Waals surface area contributed by atoms with Crippen LogP contribution in [-0.2, 0) is 0 Å². The predicted molar refractivity (Wildman–Crippen MR) is 104 cm³/mol. The van der Waals surface area contributed by atoms with E-state index in [4.69, 9.17) is 16.3 Å². The molecule has 0 atom stereocenters. The van der Waals surface area contributed by atoms with E-state index in [0.29, 0.717) is 17.0 Å². The van der Waals surface area contributed by atoms with Gasteiger partial charge < -0.3 is 10.1 Å². The van der Waals surface area contributed by atoms with Crippen LogP contribution in [0.15, 0.2) is 54.6 Å². The molecule has 0 aliphatic heterocycles. The number of aromatic nitrogens is 1. The first-order valence-electron chi connectivity index (χ1n) is 8.22. The van der Waals surface area contributed by atoms with Crippen LogP contribution in [0.25, 0.3) is 0 Å². The van der Waals surface area contributed by atoms with Crippen molar-refractivity contribution in [3.8, 4) is 11.5 Å². The maximum Gasteiger partial charge on any atom is 0.259 e. The molecule has 0 aliphatic carbocycles. The van der Waals surface area contributed by atoms with Crippen molar-refractivity contribution in [2.45, 2.75) is 20.8 Å². The van der Waals surface area contributed by atoms with Gasteiger partial charge in [0.25, 0.3) is 5.91 Å². The van der Waals surface area contributed by atoms with E-state index in [-0.39, 0.29) is 11.1 Å². The molecule has 1 heterocycles.